The molecule has 1 heterocycles. The highest BCUT2D eigenvalue weighted by molar-refractivity contribution is 6.65. The maximum atomic E-state index is 11.6. The minimum atomic E-state index is -0.895. The van der Waals surface area contributed by atoms with Crippen LogP contribution in [0.3, 0.4) is 0 Å². The van der Waals surface area contributed by atoms with Gasteiger partial charge in [0.25, 0.3) is 5.91 Å². The van der Waals surface area contributed by atoms with Crippen molar-refractivity contribution in [1.82, 2.24) is 15.2 Å². The van der Waals surface area contributed by atoms with E-state index in [1.54, 1.807) is 6.92 Å². The second kappa shape index (κ2) is 8.21. The first-order valence-corrected chi connectivity index (χ1v) is 6.28. The van der Waals surface area contributed by atoms with Crippen molar-refractivity contribution in [2.75, 3.05) is 6.61 Å². The van der Waals surface area contributed by atoms with E-state index >= 15 is 0 Å². The Morgan fingerprint density at radius 1 is 1.57 bits per heavy atom. The van der Waals surface area contributed by atoms with E-state index in [2.05, 4.69) is 25.5 Å². The predicted octanol–water partition coefficient (Wildman–Crippen LogP) is -0.323. The molecular formula is C11H14N6O6. The highest BCUT2D eigenvalue weighted by Gasteiger charge is 2.17. The highest BCUT2D eigenvalue weighted by atomic mass is 16.6. The molecule has 0 fully saturated rings. The van der Waals surface area contributed by atoms with Gasteiger partial charge < -0.3 is 9.94 Å². The van der Waals surface area contributed by atoms with E-state index in [1.165, 1.54) is 6.92 Å². The smallest absolute Gasteiger partial charge is 0.362 e. The van der Waals surface area contributed by atoms with Crippen LogP contribution in [0.4, 0.5) is 5.69 Å². The molecule has 0 aliphatic carbocycles. The molecular weight excluding hydrogens is 312 g/mol. The summed E-state index contributed by atoms with van der Waals surface area (Å²) in [6.07, 6.45) is 2.08. The van der Waals surface area contributed by atoms with Crippen LogP contribution < -0.4 is 5.43 Å². The summed E-state index contributed by atoms with van der Waals surface area (Å²) < 4.78 is 5.69. The van der Waals surface area contributed by atoms with Crippen LogP contribution in [0.25, 0.3) is 0 Å². The maximum absolute atomic E-state index is 11.6. The Kier molecular flexibility index (Phi) is 6.33. The van der Waals surface area contributed by atoms with E-state index < -0.39 is 22.5 Å². The summed E-state index contributed by atoms with van der Waals surface area (Å²) >= 11 is 0. The van der Waals surface area contributed by atoms with Crippen LogP contribution in [0, 0.1) is 10.1 Å². The Balaban J connectivity index is 2.65. The number of nitrogens with zero attached hydrogens (tertiary/aromatic N) is 5. The molecule has 12 heteroatoms. The summed E-state index contributed by atoms with van der Waals surface area (Å²) in [5.74, 6) is -1.54. The van der Waals surface area contributed by atoms with E-state index in [-0.39, 0.29) is 24.6 Å². The molecule has 1 aromatic heterocycles. The fourth-order valence-electron chi connectivity index (χ4n) is 1.38. The zero-order valence-electron chi connectivity index (χ0n) is 12.3. The Morgan fingerprint density at radius 2 is 2.26 bits per heavy atom. The molecule has 0 bridgehead atoms. The number of rotatable bonds is 7. The van der Waals surface area contributed by atoms with Gasteiger partial charge in [0.1, 0.15) is 18.9 Å². The first kappa shape index (κ1) is 17.7. The predicted molar refractivity (Wildman–Crippen MR) is 76.0 cm³/mol. The second-order valence-electron chi connectivity index (χ2n) is 4.05. The third-order valence-corrected chi connectivity index (χ3v) is 2.40. The monoisotopic (exact) mass is 326 g/mol. The molecule has 0 saturated carbocycles. The lowest BCUT2D eigenvalue weighted by Gasteiger charge is -2.04. The van der Waals surface area contributed by atoms with E-state index in [9.17, 15) is 19.7 Å². The van der Waals surface area contributed by atoms with Gasteiger partial charge in [-0.1, -0.05) is 5.16 Å². The number of hydrogen-bond acceptors (Lipinski definition) is 9. The van der Waals surface area contributed by atoms with Crippen LogP contribution in [0.5, 0.6) is 0 Å². The Labute approximate surface area is 129 Å². The average molecular weight is 326 g/mol. The molecule has 0 atom stereocenters. The average Bonchev–Trinajstić information content (AvgIpc) is 2.95. The molecule has 0 saturated heterocycles. The van der Waals surface area contributed by atoms with Gasteiger partial charge in [0.2, 0.25) is 5.71 Å². The molecule has 1 aromatic rings. The number of aromatic nitrogens is 2. The van der Waals surface area contributed by atoms with Gasteiger partial charge in [0.15, 0.2) is 0 Å². The number of carbonyl (C=O) groups is 2. The van der Waals surface area contributed by atoms with Gasteiger partial charge in [-0.05, 0) is 13.8 Å². The van der Waals surface area contributed by atoms with E-state index in [4.69, 9.17) is 5.21 Å². The molecule has 1 rings (SSSR count). The lowest BCUT2D eigenvalue weighted by molar-refractivity contribution is -0.385. The number of amides is 1. The molecule has 0 aliphatic heterocycles. The minimum absolute atomic E-state index is 0.0780. The molecule has 12 nitrogen and oxygen atoms in total. The number of nitro groups is 1. The number of carbonyl (C=O) groups excluding carboxylic acids is 2. The molecule has 0 radical (unpaired) electrons. The van der Waals surface area contributed by atoms with Crippen molar-refractivity contribution in [2.45, 2.75) is 20.4 Å². The normalized spacial score (nSPS) is 11.9. The summed E-state index contributed by atoms with van der Waals surface area (Å²) in [6.45, 7) is 2.65. The van der Waals surface area contributed by atoms with Gasteiger partial charge in [-0.2, -0.15) is 10.2 Å². The van der Waals surface area contributed by atoms with Crippen molar-refractivity contribution in [3.63, 3.8) is 0 Å². The van der Waals surface area contributed by atoms with Crippen molar-refractivity contribution < 1.29 is 24.5 Å². The standard InChI is InChI=1S/C11H14N6O6/c1-3-23-11(19)10(15-20)7(2)13-14-9(18)6-16-5-8(4-12-16)17(21)22/h4-5,20H,3,6H2,1-2H3,(H,14,18). The van der Waals surface area contributed by atoms with Gasteiger partial charge in [0, 0.05) is 0 Å². The van der Waals surface area contributed by atoms with E-state index in [1.807, 2.05) is 0 Å². The Bertz CT molecular complexity index is 664. The maximum Gasteiger partial charge on any atom is 0.362 e. The topological polar surface area (TPSA) is 161 Å². The second-order valence-corrected chi connectivity index (χ2v) is 4.05. The molecule has 0 unspecified atom stereocenters. The van der Waals surface area contributed by atoms with E-state index in [0.717, 1.165) is 17.1 Å². The van der Waals surface area contributed by atoms with Crippen LogP contribution in [-0.4, -0.2) is 49.8 Å². The number of oxime groups is 1. The fourth-order valence-corrected chi connectivity index (χ4v) is 1.38. The summed E-state index contributed by atoms with van der Waals surface area (Å²) in [4.78, 5) is 32.9. The number of hydrogen-bond donors (Lipinski definition) is 2. The van der Waals surface area contributed by atoms with Crippen molar-refractivity contribution in [2.24, 2.45) is 10.3 Å². The van der Waals surface area contributed by atoms with Crippen LogP contribution in [0.15, 0.2) is 22.7 Å². The van der Waals surface area contributed by atoms with Gasteiger partial charge in [-0.15, -0.1) is 0 Å². The van der Waals surface area contributed by atoms with Crippen molar-refractivity contribution in [3.8, 4) is 0 Å². The summed E-state index contributed by atoms with van der Waals surface area (Å²) in [7, 11) is 0. The first-order chi connectivity index (χ1) is 10.9. The summed E-state index contributed by atoms with van der Waals surface area (Å²) in [6, 6.07) is 0. The quantitative estimate of drug-likeness (QED) is 0.228. The van der Waals surface area contributed by atoms with Gasteiger partial charge in [-0.3, -0.25) is 19.6 Å². The first-order valence-electron chi connectivity index (χ1n) is 6.28. The van der Waals surface area contributed by atoms with Crippen molar-refractivity contribution in [3.05, 3.63) is 22.5 Å². The zero-order valence-corrected chi connectivity index (χ0v) is 12.3. The van der Waals surface area contributed by atoms with Crippen LogP contribution in [-0.2, 0) is 20.9 Å². The summed E-state index contributed by atoms with van der Waals surface area (Å²) in [5, 5.41) is 29.2. The fraction of sp³-hybridized carbons (Fsp3) is 0.364. The van der Waals surface area contributed by atoms with E-state index in [0.29, 0.717) is 0 Å². The number of hydrazone groups is 1. The minimum Gasteiger partial charge on any atom is -0.461 e. The molecule has 0 aliphatic rings. The van der Waals surface area contributed by atoms with Gasteiger partial charge >= 0.3 is 11.7 Å². The molecule has 1 amide bonds. The lowest BCUT2D eigenvalue weighted by atomic mass is 10.2. The van der Waals surface area contributed by atoms with Crippen molar-refractivity contribution >= 4 is 29.0 Å². The van der Waals surface area contributed by atoms with Crippen LogP contribution in [0.1, 0.15) is 13.8 Å². The molecule has 23 heavy (non-hydrogen) atoms. The van der Waals surface area contributed by atoms with Gasteiger partial charge in [0.05, 0.1) is 17.2 Å². The zero-order chi connectivity index (χ0) is 17.4. The Hall–Kier alpha value is -3.31. The SMILES string of the molecule is CCOC(=O)C(=NO)C(C)=NNC(=O)Cn1cc([N+](=O)[O-])cn1. The molecule has 124 valence electrons. The number of esters is 1. The van der Waals surface area contributed by atoms with Gasteiger partial charge in [-0.25, -0.2) is 10.2 Å². The molecule has 0 spiro atoms. The lowest BCUT2D eigenvalue weighted by Crippen LogP contribution is -2.29. The number of nitrogens with one attached hydrogen (secondary N) is 1. The van der Waals surface area contributed by atoms with Crippen molar-refractivity contribution in [1.29, 1.82) is 0 Å². The Morgan fingerprint density at radius 3 is 2.78 bits per heavy atom. The molecule has 0 aromatic carbocycles. The summed E-state index contributed by atoms with van der Waals surface area (Å²) in [5.41, 5.74) is 1.31. The third-order valence-electron chi connectivity index (χ3n) is 2.40. The largest absolute Gasteiger partial charge is 0.461 e. The highest BCUT2D eigenvalue weighted by Crippen LogP contribution is 2.07. The molecule has 2 N–H and O–H groups in total. The van der Waals surface area contributed by atoms with Crippen LogP contribution >= 0.6 is 0 Å². The third kappa shape index (κ3) is 5.18. The van der Waals surface area contributed by atoms with Crippen LogP contribution in [0.2, 0.25) is 0 Å². The number of ether oxygens (including phenoxy) is 1.